The van der Waals surface area contributed by atoms with Crippen molar-refractivity contribution in [2.45, 2.75) is 37.7 Å². The fraction of sp³-hybridized carbons (Fsp3) is 0.500. The number of rotatable bonds is 4. The molecule has 1 fully saturated rings. The molecule has 0 radical (unpaired) electrons. The average molecular weight is 254 g/mol. The normalized spacial score (nSPS) is 17.9. The fourth-order valence-electron chi connectivity index (χ4n) is 2.54. The first-order chi connectivity index (χ1) is 8.57. The monoisotopic (exact) mass is 254 g/mol. The summed E-state index contributed by atoms with van der Waals surface area (Å²) >= 11 is 0. The molecule has 0 heterocycles. The lowest BCUT2D eigenvalue weighted by Crippen LogP contribution is -2.39. The highest BCUT2D eigenvalue weighted by Crippen LogP contribution is 2.34. The van der Waals surface area contributed by atoms with Crippen LogP contribution in [0.5, 0.6) is 0 Å². The van der Waals surface area contributed by atoms with Crippen molar-refractivity contribution in [3.8, 4) is 0 Å². The van der Waals surface area contributed by atoms with Crippen molar-refractivity contribution in [3.63, 3.8) is 0 Å². The number of benzene rings is 1. The van der Waals surface area contributed by atoms with E-state index in [1.54, 1.807) is 0 Å². The molecule has 0 atom stereocenters. The van der Waals surface area contributed by atoms with Crippen molar-refractivity contribution in [1.29, 1.82) is 0 Å². The molecule has 0 bridgehead atoms. The van der Waals surface area contributed by atoms with Gasteiger partial charge in [0, 0.05) is 19.6 Å². The maximum atomic E-state index is 13.5. The second-order valence-corrected chi connectivity index (χ2v) is 4.74. The zero-order valence-corrected chi connectivity index (χ0v) is 10.3. The van der Waals surface area contributed by atoms with Gasteiger partial charge in [0.1, 0.15) is 17.2 Å². The van der Waals surface area contributed by atoms with Crippen LogP contribution >= 0.6 is 0 Å². The van der Waals surface area contributed by atoms with Crippen LogP contribution in [0.15, 0.2) is 18.2 Å². The third-order valence-electron chi connectivity index (χ3n) is 3.68. The zero-order chi connectivity index (χ0) is 13.2. The standard InChI is InChI=1S/C14H16F2O2/c1-18-14(6-2-3-7-14)13(17)8-10-4-5-11(15)9-12(10)16/h4-5,9H,2-3,6-8H2,1H3. The van der Waals surface area contributed by atoms with E-state index in [-0.39, 0.29) is 17.8 Å². The van der Waals surface area contributed by atoms with E-state index in [9.17, 15) is 13.6 Å². The third-order valence-corrected chi connectivity index (χ3v) is 3.68. The largest absolute Gasteiger partial charge is 0.370 e. The minimum atomic E-state index is -0.763. The van der Waals surface area contributed by atoms with Gasteiger partial charge in [-0.1, -0.05) is 6.07 Å². The van der Waals surface area contributed by atoms with E-state index in [4.69, 9.17) is 4.74 Å². The highest BCUT2D eigenvalue weighted by Gasteiger charge is 2.40. The van der Waals surface area contributed by atoms with E-state index < -0.39 is 17.2 Å². The number of Topliss-reactive ketones (excluding diaryl/α,β-unsaturated/α-hetero) is 1. The molecule has 98 valence electrons. The molecule has 1 saturated carbocycles. The predicted molar refractivity (Wildman–Crippen MR) is 63.3 cm³/mol. The molecule has 1 aromatic rings. The van der Waals surface area contributed by atoms with Gasteiger partial charge in [0.05, 0.1) is 0 Å². The lowest BCUT2D eigenvalue weighted by Gasteiger charge is -2.25. The summed E-state index contributed by atoms with van der Waals surface area (Å²) in [6, 6.07) is 3.29. The Labute approximate surface area is 105 Å². The number of ether oxygens (including phenoxy) is 1. The van der Waals surface area contributed by atoms with Crippen LogP contribution in [0, 0.1) is 11.6 Å². The van der Waals surface area contributed by atoms with E-state index in [0.29, 0.717) is 12.8 Å². The summed E-state index contributed by atoms with van der Waals surface area (Å²) in [6.07, 6.45) is 3.23. The number of hydrogen-bond donors (Lipinski definition) is 0. The van der Waals surface area contributed by atoms with E-state index in [1.807, 2.05) is 0 Å². The van der Waals surface area contributed by atoms with Crippen molar-refractivity contribution in [1.82, 2.24) is 0 Å². The first-order valence-electron chi connectivity index (χ1n) is 6.10. The molecule has 0 saturated heterocycles. The van der Waals surface area contributed by atoms with Crippen molar-refractivity contribution in [2.24, 2.45) is 0 Å². The summed E-state index contributed by atoms with van der Waals surface area (Å²) in [7, 11) is 1.52. The summed E-state index contributed by atoms with van der Waals surface area (Å²) < 4.78 is 31.6. The molecule has 0 unspecified atom stereocenters. The van der Waals surface area contributed by atoms with Crippen LogP contribution < -0.4 is 0 Å². The van der Waals surface area contributed by atoms with Gasteiger partial charge in [0.15, 0.2) is 5.78 Å². The molecule has 0 amide bonds. The van der Waals surface area contributed by atoms with Gasteiger partial charge in [-0.05, 0) is 37.3 Å². The Kier molecular flexibility index (Phi) is 3.76. The molecule has 18 heavy (non-hydrogen) atoms. The zero-order valence-electron chi connectivity index (χ0n) is 10.3. The summed E-state index contributed by atoms with van der Waals surface area (Å²) in [5.41, 5.74) is -0.536. The van der Waals surface area contributed by atoms with Crippen LogP contribution in [0.4, 0.5) is 8.78 Å². The molecular formula is C14H16F2O2. The maximum absolute atomic E-state index is 13.5. The van der Waals surface area contributed by atoms with Crippen molar-refractivity contribution < 1.29 is 18.3 Å². The van der Waals surface area contributed by atoms with Gasteiger partial charge in [0.25, 0.3) is 0 Å². The first kappa shape index (κ1) is 13.1. The molecule has 1 aliphatic rings. The Morgan fingerprint density at radius 3 is 2.56 bits per heavy atom. The first-order valence-corrected chi connectivity index (χ1v) is 6.10. The van der Waals surface area contributed by atoms with Gasteiger partial charge < -0.3 is 4.74 Å². The van der Waals surface area contributed by atoms with Gasteiger partial charge in [0.2, 0.25) is 0 Å². The molecule has 1 aliphatic carbocycles. The quantitative estimate of drug-likeness (QED) is 0.825. The minimum Gasteiger partial charge on any atom is -0.370 e. The fourth-order valence-corrected chi connectivity index (χ4v) is 2.54. The summed E-state index contributed by atoms with van der Waals surface area (Å²) in [5, 5.41) is 0. The van der Waals surface area contributed by atoms with Gasteiger partial charge in [-0.25, -0.2) is 8.78 Å². The van der Waals surface area contributed by atoms with Gasteiger partial charge in [-0.15, -0.1) is 0 Å². The van der Waals surface area contributed by atoms with Crippen LogP contribution in [-0.4, -0.2) is 18.5 Å². The van der Waals surface area contributed by atoms with Crippen LogP contribution in [0.25, 0.3) is 0 Å². The molecular weight excluding hydrogens is 238 g/mol. The SMILES string of the molecule is COC1(C(=O)Cc2ccc(F)cc2F)CCCC1. The van der Waals surface area contributed by atoms with Crippen LogP contribution in [0.1, 0.15) is 31.2 Å². The second-order valence-electron chi connectivity index (χ2n) is 4.74. The van der Waals surface area contributed by atoms with Crippen molar-refractivity contribution in [2.75, 3.05) is 7.11 Å². The average Bonchev–Trinajstić information content (AvgIpc) is 2.82. The van der Waals surface area contributed by atoms with Crippen molar-refractivity contribution in [3.05, 3.63) is 35.4 Å². The Bertz CT molecular complexity index is 451. The van der Waals surface area contributed by atoms with Gasteiger partial charge in [-0.3, -0.25) is 4.79 Å². The second kappa shape index (κ2) is 5.14. The molecule has 0 aromatic heterocycles. The molecule has 4 heteroatoms. The lowest BCUT2D eigenvalue weighted by molar-refractivity contribution is -0.139. The minimum absolute atomic E-state index is 0.0417. The van der Waals surface area contributed by atoms with Crippen LogP contribution in [0.3, 0.4) is 0 Å². The van der Waals surface area contributed by atoms with E-state index in [2.05, 4.69) is 0 Å². The van der Waals surface area contributed by atoms with Crippen molar-refractivity contribution >= 4 is 5.78 Å². The topological polar surface area (TPSA) is 26.3 Å². The highest BCUT2D eigenvalue weighted by molar-refractivity contribution is 5.89. The smallest absolute Gasteiger partial charge is 0.169 e. The van der Waals surface area contributed by atoms with Crippen LogP contribution in [-0.2, 0) is 16.0 Å². The maximum Gasteiger partial charge on any atom is 0.169 e. The Balaban J connectivity index is 2.15. The number of methoxy groups -OCH3 is 1. The lowest BCUT2D eigenvalue weighted by atomic mass is 9.91. The highest BCUT2D eigenvalue weighted by atomic mass is 19.1. The van der Waals surface area contributed by atoms with Crippen LogP contribution in [0.2, 0.25) is 0 Å². The molecule has 2 rings (SSSR count). The molecule has 1 aromatic carbocycles. The number of hydrogen-bond acceptors (Lipinski definition) is 2. The van der Waals surface area contributed by atoms with Gasteiger partial charge >= 0.3 is 0 Å². The molecule has 0 aliphatic heterocycles. The number of carbonyl (C=O) groups is 1. The van der Waals surface area contributed by atoms with E-state index >= 15 is 0 Å². The van der Waals surface area contributed by atoms with E-state index in [1.165, 1.54) is 19.2 Å². The number of carbonyl (C=O) groups excluding carboxylic acids is 1. The summed E-state index contributed by atoms with van der Waals surface area (Å²) in [6.45, 7) is 0. The Morgan fingerprint density at radius 2 is 2.00 bits per heavy atom. The molecule has 0 spiro atoms. The summed E-state index contributed by atoms with van der Waals surface area (Å²) in [5.74, 6) is -1.42. The Morgan fingerprint density at radius 1 is 1.33 bits per heavy atom. The Hall–Kier alpha value is -1.29. The predicted octanol–water partition coefficient (Wildman–Crippen LogP) is 3.04. The van der Waals surface area contributed by atoms with E-state index in [0.717, 1.165) is 18.9 Å². The third kappa shape index (κ3) is 2.43. The number of ketones is 1. The molecule has 0 N–H and O–H groups in total. The van der Waals surface area contributed by atoms with Gasteiger partial charge in [-0.2, -0.15) is 0 Å². The number of halogens is 2. The molecule has 2 nitrogen and oxygen atoms in total. The summed E-state index contributed by atoms with van der Waals surface area (Å²) in [4.78, 5) is 12.2.